The van der Waals surface area contributed by atoms with E-state index in [9.17, 15) is 61.0 Å². The lowest BCUT2D eigenvalue weighted by atomic mass is 9.96. The van der Waals surface area contributed by atoms with Crippen molar-refractivity contribution in [3.05, 3.63) is 36.5 Å². The normalized spacial score (nSPS) is 31.7. The second-order valence-corrected chi connectivity index (χ2v) is 20.4. The number of hydrogen-bond donors (Lipinski definition) is 12. The molecule has 12 N–H and O–H groups in total. The average molecular weight is 1060 g/mol. The molecule has 17 unspecified atom stereocenters. The van der Waals surface area contributed by atoms with Gasteiger partial charge in [-0.1, -0.05) is 153 Å². The molecule has 17 atom stereocenters. The fourth-order valence-corrected chi connectivity index (χ4v) is 9.44. The van der Waals surface area contributed by atoms with Gasteiger partial charge in [-0.2, -0.15) is 0 Å². The van der Waals surface area contributed by atoms with Gasteiger partial charge < -0.3 is 89.9 Å². The zero-order chi connectivity index (χ0) is 54.1. The van der Waals surface area contributed by atoms with Gasteiger partial charge >= 0.3 is 0 Å². The first-order chi connectivity index (χ1) is 35.8. The number of nitrogens with one attached hydrogen (secondary N) is 1. The molecule has 3 saturated heterocycles. The number of carbonyl (C=O) groups excluding carboxylic acids is 1. The van der Waals surface area contributed by atoms with Crippen LogP contribution in [0.1, 0.15) is 174 Å². The van der Waals surface area contributed by atoms with Gasteiger partial charge in [0, 0.05) is 6.42 Å². The standard InChI is InChI=1S/C55H99NO18/c1-3-5-7-9-11-13-15-16-17-18-19-20-21-22-23-24-26-28-30-32-39(60)38(56-43(61)33-31-29-27-25-14-12-10-8-6-4-2)37-69-53-49(67)46(64)51(41(35-58)71-53)74-55-50(68)47(65)52(42(36-59)72-55)73-54-48(66)45(63)44(62)40(34-57)70-54/h8,10,23-24,30,32,38-42,44-55,57-60,62-68H,3-7,9,11-22,25-29,31,33-37H2,1-2H3,(H,56,61)/b10-8-,24-23+,32-30+. The van der Waals surface area contributed by atoms with E-state index in [0.29, 0.717) is 12.8 Å². The lowest BCUT2D eigenvalue weighted by Crippen LogP contribution is -2.66. The van der Waals surface area contributed by atoms with Gasteiger partial charge in [-0.05, 0) is 51.4 Å². The number of hydrogen-bond acceptors (Lipinski definition) is 18. The van der Waals surface area contributed by atoms with Crippen molar-refractivity contribution in [3.63, 3.8) is 0 Å². The monoisotopic (exact) mass is 1060 g/mol. The molecule has 0 spiro atoms. The molecular formula is C55H99NO18. The summed E-state index contributed by atoms with van der Waals surface area (Å²) in [5, 5.41) is 120. The van der Waals surface area contributed by atoms with Crippen LogP contribution in [0.15, 0.2) is 36.5 Å². The number of unbranched alkanes of at least 4 members (excludes halogenated alkanes) is 20. The molecule has 432 valence electrons. The van der Waals surface area contributed by atoms with Crippen molar-refractivity contribution in [3.8, 4) is 0 Å². The first-order valence-corrected chi connectivity index (χ1v) is 28.2. The number of allylic oxidation sites excluding steroid dienone is 5. The molecule has 0 saturated carbocycles. The Morgan fingerprint density at radius 1 is 0.473 bits per heavy atom. The Kier molecular flexibility index (Phi) is 35.3. The summed E-state index contributed by atoms with van der Waals surface area (Å²) in [5.74, 6) is -0.299. The van der Waals surface area contributed by atoms with Crippen molar-refractivity contribution in [1.82, 2.24) is 5.32 Å². The predicted octanol–water partition coefficient (Wildman–Crippen LogP) is 3.76. The van der Waals surface area contributed by atoms with Crippen LogP contribution < -0.4 is 5.32 Å². The Morgan fingerprint density at radius 2 is 0.892 bits per heavy atom. The van der Waals surface area contributed by atoms with E-state index < -0.39 is 124 Å². The molecule has 0 aromatic carbocycles. The van der Waals surface area contributed by atoms with E-state index >= 15 is 0 Å². The lowest BCUT2D eigenvalue weighted by molar-refractivity contribution is -0.379. The first kappa shape index (κ1) is 66.3. The van der Waals surface area contributed by atoms with Crippen LogP contribution in [-0.2, 0) is 33.2 Å². The highest BCUT2D eigenvalue weighted by atomic mass is 16.8. The minimum atomic E-state index is -1.98. The molecule has 3 aliphatic rings. The summed E-state index contributed by atoms with van der Waals surface area (Å²) in [6, 6.07) is -0.991. The van der Waals surface area contributed by atoms with E-state index in [4.69, 9.17) is 28.4 Å². The molecule has 0 radical (unpaired) electrons. The molecule has 1 amide bonds. The minimum absolute atomic E-state index is 0.224. The second kappa shape index (κ2) is 39.4. The fourth-order valence-electron chi connectivity index (χ4n) is 9.44. The van der Waals surface area contributed by atoms with Gasteiger partial charge in [0.15, 0.2) is 18.9 Å². The molecule has 3 rings (SSSR count). The van der Waals surface area contributed by atoms with Gasteiger partial charge in [0.1, 0.15) is 73.2 Å². The van der Waals surface area contributed by atoms with Crippen molar-refractivity contribution in [2.75, 3.05) is 26.4 Å². The number of amides is 1. The topological polar surface area (TPSA) is 307 Å². The Hall–Kier alpha value is -1.99. The largest absolute Gasteiger partial charge is 0.394 e. The van der Waals surface area contributed by atoms with Crippen LogP contribution in [-0.4, -0.2) is 193 Å². The van der Waals surface area contributed by atoms with Crippen LogP contribution in [0.2, 0.25) is 0 Å². The zero-order valence-electron chi connectivity index (χ0n) is 44.6. The summed E-state index contributed by atoms with van der Waals surface area (Å²) >= 11 is 0. The summed E-state index contributed by atoms with van der Waals surface area (Å²) in [4.78, 5) is 13.2. The van der Waals surface area contributed by atoms with E-state index in [0.717, 1.165) is 64.2 Å². The maximum absolute atomic E-state index is 13.2. The molecule has 74 heavy (non-hydrogen) atoms. The van der Waals surface area contributed by atoms with Crippen molar-refractivity contribution >= 4 is 5.91 Å². The first-order valence-electron chi connectivity index (χ1n) is 28.2. The van der Waals surface area contributed by atoms with E-state index in [-0.39, 0.29) is 18.9 Å². The molecule has 3 fully saturated rings. The lowest BCUT2D eigenvalue weighted by Gasteiger charge is -2.48. The molecule has 3 aliphatic heterocycles. The number of rotatable bonds is 40. The van der Waals surface area contributed by atoms with Crippen LogP contribution in [0, 0.1) is 0 Å². The van der Waals surface area contributed by atoms with Gasteiger partial charge in [0.25, 0.3) is 0 Å². The Bertz CT molecular complexity index is 1500. The summed E-state index contributed by atoms with van der Waals surface area (Å²) in [6.45, 7) is 1.61. The Balaban J connectivity index is 1.53. The maximum atomic E-state index is 13.2. The van der Waals surface area contributed by atoms with Crippen LogP contribution >= 0.6 is 0 Å². The predicted molar refractivity (Wildman–Crippen MR) is 277 cm³/mol. The highest BCUT2D eigenvalue weighted by Crippen LogP contribution is 2.33. The summed E-state index contributed by atoms with van der Waals surface area (Å²) in [5.41, 5.74) is 0. The maximum Gasteiger partial charge on any atom is 0.220 e. The Labute approximate surface area is 440 Å². The SMILES string of the molecule is CCC/C=C\CCCCCCCC(=O)NC(COC1OC(CO)C(OC2OC(CO)C(OC3OC(CO)C(O)C(O)C3O)C(O)C2O)C(O)C1O)C(O)/C=C/CC/C=C/CCCCCCCCCCCCCCC. The summed E-state index contributed by atoms with van der Waals surface area (Å²) < 4.78 is 34.1. The van der Waals surface area contributed by atoms with Gasteiger partial charge in [-0.15, -0.1) is 0 Å². The van der Waals surface area contributed by atoms with E-state index in [1.807, 2.05) is 6.08 Å². The molecular weight excluding hydrogens is 963 g/mol. The Morgan fingerprint density at radius 3 is 1.41 bits per heavy atom. The zero-order valence-corrected chi connectivity index (χ0v) is 44.6. The number of aliphatic hydroxyl groups is 11. The van der Waals surface area contributed by atoms with E-state index in [1.54, 1.807) is 6.08 Å². The smallest absolute Gasteiger partial charge is 0.220 e. The average Bonchev–Trinajstić information content (AvgIpc) is 3.40. The van der Waals surface area contributed by atoms with E-state index in [1.165, 1.54) is 77.0 Å². The van der Waals surface area contributed by atoms with Crippen LogP contribution in [0.3, 0.4) is 0 Å². The quantitative estimate of drug-likeness (QED) is 0.0307. The minimum Gasteiger partial charge on any atom is -0.394 e. The van der Waals surface area contributed by atoms with Crippen LogP contribution in [0.4, 0.5) is 0 Å². The highest BCUT2D eigenvalue weighted by molar-refractivity contribution is 5.76. The van der Waals surface area contributed by atoms with Gasteiger partial charge in [-0.25, -0.2) is 0 Å². The molecule has 3 heterocycles. The van der Waals surface area contributed by atoms with Crippen LogP contribution in [0.5, 0.6) is 0 Å². The third-order valence-electron chi connectivity index (χ3n) is 14.1. The van der Waals surface area contributed by atoms with Crippen molar-refractivity contribution in [1.29, 1.82) is 0 Å². The van der Waals surface area contributed by atoms with Crippen LogP contribution in [0.25, 0.3) is 0 Å². The highest BCUT2D eigenvalue weighted by Gasteiger charge is 2.53. The van der Waals surface area contributed by atoms with Crippen molar-refractivity contribution in [2.24, 2.45) is 0 Å². The molecule has 19 heteroatoms. The van der Waals surface area contributed by atoms with Crippen molar-refractivity contribution in [2.45, 2.75) is 279 Å². The summed E-state index contributed by atoms with van der Waals surface area (Å²) in [7, 11) is 0. The van der Waals surface area contributed by atoms with Gasteiger partial charge in [-0.3, -0.25) is 4.79 Å². The van der Waals surface area contributed by atoms with Gasteiger partial charge in [0.2, 0.25) is 5.91 Å². The molecule has 0 aromatic rings. The van der Waals surface area contributed by atoms with E-state index in [2.05, 4.69) is 43.5 Å². The number of carbonyl (C=O) groups is 1. The third-order valence-corrected chi connectivity index (χ3v) is 14.1. The molecule has 0 aromatic heterocycles. The molecule has 19 nitrogen and oxygen atoms in total. The number of aliphatic hydroxyl groups excluding tert-OH is 11. The van der Waals surface area contributed by atoms with Gasteiger partial charge in [0.05, 0.1) is 38.6 Å². The third kappa shape index (κ3) is 23.9. The fraction of sp³-hybridized carbons (Fsp3) is 0.873. The van der Waals surface area contributed by atoms with Crippen molar-refractivity contribution < 1.29 is 89.4 Å². The number of ether oxygens (including phenoxy) is 6. The summed E-state index contributed by atoms with van der Waals surface area (Å²) in [6.07, 6.45) is 13.0. The molecule has 0 bridgehead atoms. The second-order valence-electron chi connectivity index (χ2n) is 20.4. The molecule has 0 aliphatic carbocycles.